The molecule has 0 bridgehead atoms. The molecule has 1 aliphatic rings. The van der Waals surface area contributed by atoms with Crippen molar-refractivity contribution in [2.24, 2.45) is 0 Å². The summed E-state index contributed by atoms with van der Waals surface area (Å²) in [5.41, 5.74) is 1.73. The lowest BCUT2D eigenvalue weighted by molar-refractivity contribution is 0.586. The third-order valence-electron chi connectivity index (χ3n) is 3.45. The molecule has 0 unspecified atom stereocenters. The van der Waals surface area contributed by atoms with Gasteiger partial charge in [-0.1, -0.05) is 29.8 Å². The standard InChI is InChI=1S/C15H14ClNO2S/c16-13-8-9-15-12(11-13)5-4-10-17(15)20(18,19)14-6-2-1-3-7-14/h1-3,6-9,11H,4-5,10H2. The lowest BCUT2D eigenvalue weighted by Crippen LogP contribution is -2.35. The summed E-state index contributed by atoms with van der Waals surface area (Å²) in [6, 6.07) is 13.9. The molecule has 2 aromatic rings. The van der Waals surface area contributed by atoms with Gasteiger partial charge in [-0.2, -0.15) is 0 Å². The Morgan fingerprint density at radius 1 is 1.05 bits per heavy atom. The van der Waals surface area contributed by atoms with Gasteiger partial charge in [0.05, 0.1) is 10.6 Å². The van der Waals surface area contributed by atoms with Crippen LogP contribution >= 0.6 is 11.6 Å². The first-order valence-corrected chi connectivity index (χ1v) is 8.27. The summed E-state index contributed by atoms with van der Waals surface area (Å²) >= 11 is 5.99. The van der Waals surface area contributed by atoms with Gasteiger partial charge in [0.15, 0.2) is 0 Å². The van der Waals surface area contributed by atoms with Crippen LogP contribution in [0, 0.1) is 0 Å². The second-order valence-corrected chi connectivity index (χ2v) is 7.07. The second-order valence-electron chi connectivity index (χ2n) is 4.77. The van der Waals surface area contributed by atoms with Gasteiger partial charge in [0.25, 0.3) is 10.0 Å². The topological polar surface area (TPSA) is 37.4 Å². The fourth-order valence-corrected chi connectivity index (χ4v) is 4.26. The Bertz CT molecular complexity index is 729. The Hall–Kier alpha value is -1.52. The van der Waals surface area contributed by atoms with Gasteiger partial charge in [0, 0.05) is 11.6 Å². The maximum absolute atomic E-state index is 12.7. The number of benzene rings is 2. The molecule has 0 fully saturated rings. The van der Waals surface area contributed by atoms with E-state index in [1.807, 2.05) is 12.1 Å². The van der Waals surface area contributed by atoms with Crippen LogP contribution in [0.3, 0.4) is 0 Å². The van der Waals surface area contributed by atoms with Crippen LogP contribution in [0.1, 0.15) is 12.0 Å². The van der Waals surface area contributed by atoms with E-state index in [9.17, 15) is 8.42 Å². The van der Waals surface area contributed by atoms with Gasteiger partial charge in [0.2, 0.25) is 0 Å². The lowest BCUT2D eigenvalue weighted by atomic mass is 10.0. The molecule has 3 nitrogen and oxygen atoms in total. The zero-order valence-corrected chi connectivity index (χ0v) is 12.4. The highest BCUT2D eigenvalue weighted by molar-refractivity contribution is 7.92. The van der Waals surface area contributed by atoms with Crippen molar-refractivity contribution in [1.29, 1.82) is 0 Å². The van der Waals surface area contributed by atoms with Gasteiger partial charge in [-0.05, 0) is 48.7 Å². The number of sulfonamides is 1. The second kappa shape index (κ2) is 5.11. The van der Waals surface area contributed by atoms with Crippen LogP contribution in [-0.4, -0.2) is 15.0 Å². The number of halogens is 1. The molecule has 104 valence electrons. The molecule has 2 aromatic carbocycles. The summed E-state index contributed by atoms with van der Waals surface area (Å²) in [5, 5.41) is 0.641. The van der Waals surface area contributed by atoms with Crippen molar-refractivity contribution in [2.45, 2.75) is 17.7 Å². The molecule has 1 aliphatic heterocycles. The predicted octanol–water partition coefficient (Wildman–Crippen LogP) is 3.48. The molecule has 0 aliphatic carbocycles. The zero-order valence-electron chi connectivity index (χ0n) is 10.8. The first-order chi connectivity index (χ1) is 9.59. The molecule has 5 heteroatoms. The first-order valence-electron chi connectivity index (χ1n) is 6.45. The van der Waals surface area contributed by atoms with E-state index in [1.165, 1.54) is 4.31 Å². The lowest BCUT2D eigenvalue weighted by Gasteiger charge is -2.30. The number of hydrogen-bond donors (Lipinski definition) is 0. The molecule has 0 spiro atoms. The molecule has 0 saturated carbocycles. The first kappa shape index (κ1) is 13.5. The van der Waals surface area contributed by atoms with Gasteiger partial charge in [-0.15, -0.1) is 0 Å². The van der Waals surface area contributed by atoms with Gasteiger partial charge < -0.3 is 0 Å². The van der Waals surface area contributed by atoms with Crippen LogP contribution in [0.4, 0.5) is 5.69 Å². The minimum atomic E-state index is -3.50. The third kappa shape index (κ3) is 2.30. The molecule has 0 radical (unpaired) electrons. The van der Waals surface area contributed by atoms with Crippen molar-refractivity contribution in [3.63, 3.8) is 0 Å². The van der Waals surface area contributed by atoms with Crippen LogP contribution in [0.2, 0.25) is 5.02 Å². The highest BCUT2D eigenvalue weighted by Gasteiger charge is 2.28. The molecule has 0 aromatic heterocycles. The fourth-order valence-electron chi connectivity index (χ4n) is 2.50. The predicted molar refractivity (Wildman–Crippen MR) is 80.7 cm³/mol. The highest BCUT2D eigenvalue weighted by Crippen LogP contribution is 2.33. The fraction of sp³-hybridized carbons (Fsp3) is 0.200. The van der Waals surface area contributed by atoms with Gasteiger partial charge in [-0.25, -0.2) is 8.42 Å². The van der Waals surface area contributed by atoms with E-state index in [0.29, 0.717) is 16.5 Å². The largest absolute Gasteiger partial charge is 0.266 e. The van der Waals surface area contributed by atoms with E-state index < -0.39 is 10.0 Å². The SMILES string of the molecule is O=S(=O)(c1ccccc1)N1CCCc2cc(Cl)ccc21. The highest BCUT2D eigenvalue weighted by atomic mass is 35.5. The Kier molecular flexibility index (Phi) is 3.44. The number of aryl methyl sites for hydroxylation is 1. The van der Waals surface area contributed by atoms with E-state index >= 15 is 0 Å². The average molecular weight is 308 g/mol. The minimum Gasteiger partial charge on any atom is -0.266 e. The van der Waals surface area contributed by atoms with E-state index in [0.717, 1.165) is 24.1 Å². The maximum Gasteiger partial charge on any atom is 0.264 e. The average Bonchev–Trinajstić information content (AvgIpc) is 2.47. The van der Waals surface area contributed by atoms with Crippen molar-refractivity contribution in [3.05, 3.63) is 59.1 Å². The van der Waals surface area contributed by atoms with Crippen LogP contribution in [0.5, 0.6) is 0 Å². The molecular formula is C15H14ClNO2S. The molecule has 0 saturated heterocycles. The van der Waals surface area contributed by atoms with Crippen molar-refractivity contribution in [1.82, 2.24) is 0 Å². The quantitative estimate of drug-likeness (QED) is 0.852. The van der Waals surface area contributed by atoms with Gasteiger partial charge in [-0.3, -0.25) is 4.31 Å². The summed E-state index contributed by atoms with van der Waals surface area (Å²) in [7, 11) is -3.50. The molecule has 0 atom stereocenters. The summed E-state index contributed by atoms with van der Waals surface area (Å²) in [5.74, 6) is 0. The van der Waals surface area contributed by atoms with Crippen LogP contribution < -0.4 is 4.31 Å². The zero-order chi connectivity index (χ0) is 14.2. The number of hydrogen-bond acceptors (Lipinski definition) is 2. The van der Waals surface area contributed by atoms with Crippen molar-refractivity contribution < 1.29 is 8.42 Å². The molecule has 0 amide bonds. The molecule has 1 heterocycles. The van der Waals surface area contributed by atoms with E-state index in [2.05, 4.69) is 0 Å². The Morgan fingerprint density at radius 3 is 2.55 bits per heavy atom. The van der Waals surface area contributed by atoms with Gasteiger partial charge in [0.1, 0.15) is 0 Å². The number of nitrogens with zero attached hydrogens (tertiary/aromatic N) is 1. The van der Waals surface area contributed by atoms with Crippen molar-refractivity contribution in [3.8, 4) is 0 Å². The van der Waals surface area contributed by atoms with Crippen molar-refractivity contribution in [2.75, 3.05) is 10.8 Å². The number of anilines is 1. The van der Waals surface area contributed by atoms with Crippen molar-refractivity contribution >= 4 is 27.3 Å². The number of fused-ring (bicyclic) bond motifs is 1. The van der Waals surface area contributed by atoms with Crippen LogP contribution in [-0.2, 0) is 16.4 Å². The minimum absolute atomic E-state index is 0.322. The van der Waals surface area contributed by atoms with Crippen LogP contribution in [0.25, 0.3) is 0 Å². The van der Waals surface area contributed by atoms with E-state index in [1.54, 1.807) is 36.4 Å². The summed E-state index contributed by atoms with van der Waals surface area (Å²) in [6.07, 6.45) is 1.66. The molecular weight excluding hydrogens is 294 g/mol. The van der Waals surface area contributed by atoms with Gasteiger partial charge >= 0.3 is 0 Å². The monoisotopic (exact) mass is 307 g/mol. The molecule has 20 heavy (non-hydrogen) atoms. The Labute approximate surface area is 123 Å². The number of rotatable bonds is 2. The molecule has 3 rings (SSSR count). The van der Waals surface area contributed by atoms with Crippen LogP contribution in [0.15, 0.2) is 53.4 Å². The van der Waals surface area contributed by atoms with E-state index in [-0.39, 0.29) is 0 Å². The van der Waals surface area contributed by atoms with E-state index in [4.69, 9.17) is 11.6 Å². The normalized spacial score (nSPS) is 14.9. The summed E-state index contributed by atoms with van der Waals surface area (Å²) < 4.78 is 26.9. The smallest absolute Gasteiger partial charge is 0.264 e. The Morgan fingerprint density at radius 2 is 1.80 bits per heavy atom. The summed E-state index contributed by atoms with van der Waals surface area (Å²) in [6.45, 7) is 0.506. The maximum atomic E-state index is 12.7. The Balaban J connectivity index is 2.09. The summed E-state index contributed by atoms with van der Waals surface area (Å²) in [4.78, 5) is 0.322. The molecule has 0 N–H and O–H groups in total. The third-order valence-corrected chi connectivity index (χ3v) is 5.51.